The number of likely N-dealkylation sites (N-methyl/N-ethyl adjacent to an activating group) is 1. The summed E-state index contributed by atoms with van der Waals surface area (Å²) in [6.07, 6.45) is -2.91. The van der Waals surface area contributed by atoms with Crippen molar-refractivity contribution < 1.29 is 13.2 Å². The minimum atomic E-state index is -4.10. The van der Waals surface area contributed by atoms with Gasteiger partial charge in [-0.25, -0.2) is 0 Å². The molecular weight excluding hydrogens is 231 g/mol. The predicted octanol–water partition coefficient (Wildman–Crippen LogP) is 1.02. The molecule has 17 heavy (non-hydrogen) atoms. The molecule has 0 radical (unpaired) electrons. The first-order valence-electron chi connectivity index (χ1n) is 6.01. The fourth-order valence-corrected chi connectivity index (χ4v) is 2.21. The van der Waals surface area contributed by atoms with Crippen molar-refractivity contribution in [3.8, 4) is 0 Å². The lowest BCUT2D eigenvalue weighted by Gasteiger charge is -2.21. The van der Waals surface area contributed by atoms with E-state index in [0.29, 0.717) is 19.0 Å². The van der Waals surface area contributed by atoms with E-state index in [1.807, 2.05) is 7.05 Å². The third-order valence-corrected chi connectivity index (χ3v) is 3.05. The molecule has 0 saturated carbocycles. The lowest BCUT2D eigenvalue weighted by molar-refractivity contribution is -0.124. The predicted molar refractivity (Wildman–Crippen MR) is 62.0 cm³/mol. The third kappa shape index (κ3) is 6.85. The highest BCUT2D eigenvalue weighted by atomic mass is 19.4. The molecule has 1 aliphatic rings. The van der Waals surface area contributed by atoms with Crippen molar-refractivity contribution in [2.75, 3.05) is 53.4 Å². The average Bonchev–Trinajstić information content (AvgIpc) is 2.57. The molecule has 1 aliphatic heterocycles. The van der Waals surface area contributed by atoms with E-state index in [1.54, 1.807) is 0 Å². The van der Waals surface area contributed by atoms with Gasteiger partial charge in [-0.2, -0.15) is 13.2 Å². The number of halogens is 3. The monoisotopic (exact) mass is 253 g/mol. The lowest BCUT2D eigenvalue weighted by Crippen LogP contribution is -2.36. The Morgan fingerprint density at radius 3 is 2.65 bits per heavy atom. The van der Waals surface area contributed by atoms with Crippen LogP contribution in [0.3, 0.4) is 0 Å². The van der Waals surface area contributed by atoms with Crippen LogP contribution in [0.4, 0.5) is 13.2 Å². The molecule has 3 nitrogen and oxygen atoms in total. The van der Waals surface area contributed by atoms with E-state index in [2.05, 4.69) is 22.2 Å². The van der Waals surface area contributed by atoms with Crippen molar-refractivity contribution in [3.05, 3.63) is 0 Å². The average molecular weight is 253 g/mol. The zero-order chi connectivity index (χ0) is 12.9. The van der Waals surface area contributed by atoms with Gasteiger partial charge >= 0.3 is 6.18 Å². The SMILES string of the molecule is CN(CCNCC(F)(F)F)CC1CCN(C)C1. The Kier molecular flexibility index (Phi) is 5.69. The van der Waals surface area contributed by atoms with Crippen molar-refractivity contribution >= 4 is 0 Å². The molecule has 1 heterocycles. The first-order chi connectivity index (χ1) is 7.87. The van der Waals surface area contributed by atoms with Crippen molar-refractivity contribution in [2.45, 2.75) is 12.6 Å². The second-order valence-corrected chi connectivity index (χ2v) is 4.97. The lowest BCUT2D eigenvalue weighted by atomic mass is 10.1. The van der Waals surface area contributed by atoms with E-state index in [0.717, 1.165) is 19.6 Å². The van der Waals surface area contributed by atoms with Gasteiger partial charge in [0.15, 0.2) is 0 Å². The van der Waals surface area contributed by atoms with Gasteiger partial charge in [-0.3, -0.25) is 0 Å². The zero-order valence-electron chi connectivity index (χ0n) is 10.6. The Bertz CT molecular complexity index is 220. The van der Waals surface area contributed by atoms with Crippen LogP contribution in [0.5, 0.6) is 0 Å². The summed E-state index contributed by atoms with van der Waals surface area (Å²) < 4.78 is 35.6. The largest absolute Gasteiger partial charge is 0.401 e. The number of alkyl halides is 3. The number of rotatable bonds is 6. The van der Waals surface area contributed by atoms with Gasteiger partial charge in [0.2, 0.25) is 0 Å². The van der Waals surface area contributed by atoms with Crippen LogP contribution in [0, 0.1) is 5.92 Å². The molecule has 0 amide bonds. The molecular formula is C11H22F3N3. The Morgan fingerprint density at radius 1 is 1.41 bits per heavy atom. The summed E-state index contributed by atoms with van der Waals surface area (Å²) in [5.41, 5.74) is 0. The van der Waals surface area contributed by atoms with Crippen LogP contribution in [0.25, 0.3) is 0 Å². The minimum Gasteiger partial charge on any atom is -0.307 e. The molecule has 1 N–H and O–H groups in total. The van der Waals surface area contributed by atoms with Gasteiger partial charge in [0.05, 0.1) is 6.54 Å². The fourth-order valence-electron chi connectivity index (χ4n) is 2.21. The number of nitrogens with zero attached hydrogens (tertiary/aromatic N) is 2. The maximum Gasteiger partial charge on any atom is 0.401 e. The quantitative estimate of drug-likeness (QED) is 0.713. The summed E-state index contributed by atoms with van der Waals surface area (Å²) >= 11 is 0. The summed E-state index contributed by atoms with van der Waals surface area (Å²) in [5, 5.41) is 2.41. The highest BCUT2D eigenvalue weighted by Gasteiger charge is 2.26. The number of hydrogen-bond donors (Lipinski definition) is 1. The molecule has 1 fully saturated rings. The minimum absolute atomic E-state index is 0.387. The number of likely N-dealkylation sites (tertiary alicyclic amines) is 1. The second kappa shape index (κ2) is 6.56. The number of nitrogens with one attached hydrogen (secondary N) is 1. The van der Waals surface area contributed by atoms with Crippen molar-refractivity contribution in [3.63, 3.8) is 0 Å². The van der Waals surface area contributed by atoms with Gasteiger partial charge in [0.25, 0.3) is 0 Å². The van der Waals surface area contributed by atoms with E-state index < -0.39 is 12.7 Å². The van der Waals surface area contributed by atoms with Gasteiger partial charge in [0.1, 0.15) is 0 Å². The van der Waals surface area contributed by atoms with Crippen LogP contribution in [-0.4, -0.2) is 69.3 Å². The van der Waals surface area contributed by atoms with Crippen LogP contribution in [0.1, 0.15) is 6.42 Å². The molecule has 1 saturated heterocycles. The third-order valence-electron chi connectivity index (χ3n) is 3.05. The second-order valence-electron chi connectivity index (χ2n) is 4.97. The molecule has 0 aromatic heterocycles. The van der Waals surface area contributed by atoms with E-state index >= 15 is 0 Å². The Labute approximate surface area is 101 Å². The van der Waals surface area contributed by atoms with Gasteiger partial charge < -0.3 is 15.1 Å². The zero-order valence-corrected chi connectivity index (χ0v) is 10.6. The summed E-state index contributed by atoms with van der Waals surface area (Å²) in [5.74, 6) is 0.660. The van der Waals surface area contributed by atoms with E-state index in [9.17, 15) is 13.2 Å². The molecule has 1 rings (SSSR count). The summed E-state index contributed by atoms with van der Waals surface area (Å²) in [4.78, 5) is 4.40. The molecule has 0 aromatic carbocycles. The molecule has 1 unspecified atom stereocenters. The molecule has 0 aromatic rings. The van der Waals surface area contributed by atoms with Gasteiger partial charge in [-0.1, -0.05) is 0 Å². The van der Waals surface area contributed by atoms with Crippen molar-refractivity contribution in [1.29, 1.82) is 0 Å². The maximum atomic E-state index is 11.9. The molecule has 102 valence electrons. The Hall–Kier alpha value is -0.330. The summed E-state index contributed by atoms with van der Waals surface area (Å²) in [6.45, 7) is 3.35. The molecule has 0 spiro atoms. The van der Waals surface area contributed by atoms with Crippen LogP contribution >= 0.6 is 0 Å². The molecule has 1 atom stereocenters. The Balaban J connectivity index is 2.03. The molecule has 0 bridgehead atoms. The van der Waals surface area contributed by atoms with Crippen LogP contribution < -0.4 is 5.32 Å². The van der Waals surface area contributed by atoms with Gasteiger partial charge in [-0.15, -0.1) is 0 Å². The van der Waals surface area contributed by atoms with Crippen LogP contribution in [-0.2, 0) is 0 Å². The molecule has 6 heteroatoms. The van der Waals surface area contributed by atoms with Crippen molar-refractivity contribution in [1.82, 2.24) is 15.1 Å². The first-order valence-corrected chi connectivity index (χ1v) is 6.01. The van der Waals surface area contributed by atoms with Gasteiger partial charge in [0, 0.05) is 26.2 Å². The van der Waals surface area contributed by atoms with E-state index in [4.69, 9.17) is 0 Å². The highest BCUT2D eigenvalue weighted by Crippen LogP contribution is 2.15. The Morgan fingerprint density at radius 2 is 2.12 bits per heavy atom. The number of hydrogen-bond acceptors (Lipinski definition) is 3. The van der Waals surface area contributed by atoms with Crippen LogP contribution in [0.2, 0.25) is 0 Å². The smallest absolute Gasteiger partial charge is 0.307 e. The summed E-state index contributed by atoms with van der Waals surface area (Å²) in [6, 6.07) is 0. The molecule has 0 aliphatic carbocycles. The van der Waals surface area contributed by atoms with E-state index in [-0.39, 0.29) is 0 Å². The standard InChI is InChI=1S/C11H22F3N3/c1-16-5-3-10(7-16)8-17(2)6-4-15-9-11(12,13)14/h10,15H,3-9H2,1-2H3. The van der Waals surface area contributed by atoms with Gasteiger partial charge in [-0.05, 0) is 33.0 Å². The fraction of sp³-hybridized carbons (Fsp3) is 1.00. The normalized spacial score (nSPS) is 22.6. The van der Waals surface area contributed by atoms with Crippen molar-refractivity contribution in [2.24, 2.45) is 5.92 Å². The highest BCUT2D eigenvalue weighted by molar-refractivity contribution is 4.75. The van der Waals surface area contributed by atoms with E-state index in [1.165, 1.54) is 6.42 Å². The topological polar surface area (TPSA) is 18.5 Å². The maximum absolute atomic E-state index is 11.9. The van der Waals surface area contributed by atoms with Crippen LogP contribution in [0.15, 0.2) is 0 Å². The first kappa shape index (κ1) is 14.7. The summed E-state index contributed by atoms with van der Waals surface area (Å²) in [7, 11) is 4.07.